The van der Waals surface area contributed by atoms with Gasteiger partial charge in [0.05, 0.1) is 0 Å². The summed E-state index contributed by atoms with van der Waals surface area (Å²) in [7, 11) is 0. The van der Waals surface area contributed by atoms with Crippen LogP contribution in [0.1, 0.15) is 18.1 Å². The van der Waals surface area contributed by atoms with Crippen molar-refractivity contribution >= 4 is 17.5 Å². The average molecular weight is 348 g/mol. The molecule has 24 heavy (non-hydrogen) atoms. The SMILES string of the molecule is Cc1cc(OC(C)C(=O)NCc2ccc3c(c2)OCO3)ccc1Cl. The molecule has 0 radical (unpaired) electrons. The van der Waals surface area contributed by atoms with E-state index in [4.69, 9.17) is 25.8 Å². The van der Waals surface area contributed by atoms with Crippen molar-refractivity contribution in [2.75, 3.05) is 6.79 Å². The molecule has 0 fully saturated rings. The van der Waals surface area contributed by atoms with Crippen molar-refractivity contribution in [1.82, 2.24) is 5.32 Å². The third-order valence-electron chi connectivity index (χ3n) is 3.72. The van der Waals surface area contributed by atoms with Crippen LogP contribution in [0.2, 0.25) is 5.02 Å². The lowest BCUT2D eigenvalue weighted by Crippen LogP contribution is -2.35. The standard InChI is InChI=1S/C18H18ClNO4/c1-11-7-14(4-5-15(11)19)24-12(2)18(21)20-9-13-3-6-16-17(8-13)23-10-22-16/h3-8,12H,9-10H2,1-2H3,(H,20,21). The Kier molecular flexibility index (Phi) is 4.81. The number of ether oxygens (including phenoxy) is 3. The smallest absolute Gasteiger partial charge is 0.261 e. The number of carbonyl (C=O) groups is 1. The van der Waals surface area contributed by atoms with Crippen LogP contribution < -0.4 is 19.5 Å². The molecule has 1 amide bonds. The predicted molar refractivity (Wildman–Crippen MR) is 90.7 cm³/mol. The summed E-state index contributed by atoms with van der Waals surface area (Å²) in [5.41, 5.74) is 1.84. The maximum absolute atomic E-state index is 12.2. The first-order chi connectivity index (χ1) is 11.5. The number of halogens is 1. The molecule has 1 unspecified atom stereocenters. The minimum absolute atomic E-state index is 0.194. The van der Waals surface area contributed by atoms with Crippen LogP contribution in [0.3, 0.4) is 0 Å². The molecule has 2 aromatic carbocycles. The first-order valence-electron chi connectivity index (χ1n) is 7.62. The van der Waals surface area contributed by atoms with E-state index >= 15 is 0 Å². The largest absolute Gasteiger partial charge is 0.481 e. The van der Waals surface area contributed by atoms with Crippen molar-refractivity contribution in [2.24, 2.45) is 0 Å². The molecular weight excluding hydrogens is 330 g/mol. The molecule has 0 bridgehead atoms. The average Bonchev–Trinajstić information content (AvgIpc) is 3.03. The fourth-order valence-electron chi connectivity index (χ4n) is 2.33. The highest BCUT2D eigenvalue weighted by molar-refractivity contribution is 6.31. The van der Waals surface area contributed by atoms with Gasteiger partial charge in [-0.1, -0.05) is 17.7 Å². The van der Waals surface area contributed by atoms with Crippen LogP contribution in [-0.4, -0.2) is 18.8 Å². The highest BCUT2D eigenvalue weighted by Gasteiger charge is 2.16. The second kappa shape index (κ2) is 7.01. The van der Waals surface area contributed by atoms with Crippen molar-refractivity contribution in [3.8, 4) is 17.2 Å². The van der Waals surface area contributed by atoms with Gasteiger partial charge in [-0.15, -0.1) is 0 Å². The van der Waals surface area contributed by atoms with E-state index in [0.29, 0.717) is 23.1 Å². The number of aryl methyl sites for hydroxylation is 1. The second-order valence-electron chi connectivity index (χ2n) is 5.58. The van der Waals surface area contributed by atoms with E-state index in [-0.39, 0.29) is 12.7 Å². The summed E-state index contributed by atoms with van der Waals surface area (Å²) < 4.78 is 16.2. The van der Waals surface area contributed by atoms with E-state index < -0.39 is 6.10 Å². The van der Waals surface area contributed by atoms with Gasteiger partial charge in [0.25, 0.3) is 5.91 Å². The molecule has 6 heteroatoms. The lowest BCUT2D eigenvalue weighted by atomic mass is 10.2. The quantitative estimate of drug-likeness (QED) is 0.900. The predicted octanol–water partition coefficient (Wildman–Crippen LogP) is 3.46. The zero-order valence-corrected chi connectivity index (χ0v) is 14.2. The van der Waals surface area contributed by atoms with E-state index in [1.54, 1.807) is 19.1 Å². The maximum Gasteiger partial charge on any atom is 0.261 e. The fraction of sp³-hybridized carbons (Fsp3) is 0.278. The Labute approximate surface area is 145 Å². The minimum atomic E-state index is -0.611. The summed E-state index contributed by atoms with van der Waals surface area (Å²) >= 11 is 5.98. The number of benzene rings is 2. The minimum Gasteiger partial charge on any atom is -0.481 e. The fourth-order valence-corrected chi connectivity index (χ4v) is 2.45. The molecule has 0 saturated heterocycles. The molecule has 5 nitrogen and oxygen atoms in total. The van der Waals surface area contributed by atoms with Crippen LogP contribution in [-0.2, 0) is 11.3 Å². The van der Waals surface area contributed by atoms with Gasteiger partial charge >= 0.3 is 0 Å². The third-order valence-corrected chi connectivity index (χ3v) is 4.14. The van der Waals surface area contributed by atoms with E-state index in [1.165, 1.54) is 0 Å². The molecular formula is C18H18ClNO4. The number of hydrogen-bond donors (Lipinski definition) is 1. The monoisotopic (exact) mass is 347 g/mol. The second-order valence-corrected chi connectivity index (χ2v) is 5.98. The molecule has 0 aliphatic carbocycles. The Bertz CT molecular complexity index is 763. The molecule has 1 aliphatic rings. The third kappa shape index (κ3) is 3.74. The molecule has 2 aromatic rings. The first-order valence-corrected chi connectivity index (χ1v) is 8.00. The number of carbonyl (C=O) groups excluding carboxylic acids is 1. The van der Waals surface area contributed by atoms with Crippen LogP contribution in [0.25, 0.3) is 0 Å². The Hall–Kier alpha value is -2.40. The number of fused-ring (bicyclic) bond motifs is 1. The summed E-state index contributed by atoms with van der Waals surface area (Å²) in [6, 6.07) is 10.9. The van der Waals surface area contributed by atoms with E-state index in [0.717, 1.165) is 16.9 Å². The first kappa shape index (κ1) is 16.5. The van der Waals surface area contributed by atoms with Gasteiger partial charge < -0.3 is 19.5 Å². The van der Waals surface area contributed by atoms with Crippen molar-refractivity contribution in [2.45, 2.75) is 26.5 Å². The Morgan fingerprint density at radius 2 is 2.04 bits per heavy atom. The summed E-state index contributed by atoms with van der Waals surface area (Å²) in [5.74, 6) is 1.84. The van der Waals surface area contributed by atoms with Gasteiger partial charge in [-0.2, -0.15) is 0 Å². The molecule has 0 spiro atoms. The van der Waals surface area contributed by atoms with Gasteiger partial charge in [0.15, 0.2) is 17.6 Å². The number of hydrogen-bond acceptors (Lipinski definition) is 4. The van der Waals surface area contributed by atoms with Gasteiger partial charge in [0.1, 0.15) is 5.75 Å². The molecule has 0 saturated carbocycles. The van der Waals surface area contributed by atoms with Gasteiger partial charge in [0, 0.05) is 11.6 Å². The Morgan fingerprint density at radius 3 is 2.83 bits per heavy atom. The van der Waals surface area contributed by atoms with Gasteiger partial charge in [-0.25, -0.2) is 0 Å². The van der Waals surface area contributed by atoms with Gasteiger partial charge in [-0.05, 0) is 55.3 Å². The molecule has 1 N–H and O–H groups in total. The highest BCUT2D eigenvalue weighted by Crippen LogP contribution is 2.32. The van der Waals surface area contributed by atoms with Crippen LogP contribution in [0.15, 0.2) is 36.4 Å². The highest BCUT2D eigenvalue weighted by atomic mass is 35.5. The van der Waals surface area contributed by atoms with Crippen molar-refractivity contribution in [3.63, 3.8) is 0 Å². The number of amides is 1. The molecule has 0 aromatic heterocycles. The van der Waals surface area contributed by atoms with Gasteiger partial charge in [0.2, 0.25) is 6.79 Å². The maximum atomic E-state index is 12.2. The number of rotatable bonds is 5. The lowest BCUT2D eigenvalue weighted by molar-refractivity contribution is -0.127. The summed E-state index contributed by atoms with van der Waals surface area (Å²) in [6.07, 6.45) is -0.611. The zero-order chi connectivity index (χ0) is 17.1. The summed E-state index contributed by atoms with van der Waals surface area (Å²) in [6.45, 7) is 4.22. The summed E-state index contributed by atoms with van der Waals surface area (Å²) in [5, 5.41) is 3.52. The van der Waals surface area contributed by atoms with Crippen LogP contribution in [0, 0.1) is 6.92 Å². The van der Waals surface area contributed by atoms with E-state index in [9.17, 15) is 4.79 Å². The number of nitrogens with one attached hydrogen (secondary N) is 1. The van der Waals surface area contributed by atoms with E-state index in [2.05, 4.69) is 5.32 Å². The normalized spacial score (nSPS) is 13.5. The van der Waals surface area contributed by atoms with Crippen LogP contribution in [0.5, 0.6) is 17.2 Å². The lowest BCUT2D eigenvalue weighted by Gasteiger charge is -2.15. The molecule has 126 valence electrons. The Balaban J connectivity index is 1.55. The van der Waals surface area contributed by atoms with Crippen molar-refractivity contribution in [3.05, 3.63) is 52.5 Å². The molecule has 1 atom stereocenters. The summed E-state index contributed by atoms with van der Waals surface area (Å²) in [4.78, 5) is 12.2. The van der Waals surface area contributed by atoms with Crippen molar-refractivity contribution in [1.29, 1.82) is 0 Å². The van der Waals surface area contributed by atoms with Crippen molar-refractivity contribution < 1.29 is 19.0 Å². The Morgan fingerprint density at radius 1 is 1.25 bits per heavy atom. The molecule has 1 heterocycles. The topological polar surface area (TPSA) is 56.8 Å². The van der Waals surface area contributed by atoms with Crippen LogP contribution >= 0.6 is 11.6 Å². The molecule has 1 aliphatic heterocycles. The molecule has 3 rings (SSSR count). The van der Waals surface area contributed by atoms with E-state index in [1.807, 2.05) is 31.2 Å². The van der Waals surface area contributed by atoms with Crippen LogP contribution in [0.4, 0.5) is 0 Å². The zero-order valence-electron chi connectivity index (χ0n) is 13.5. The van der Waals surface area contributed by atoms with Gasteiger partial charge in [-0.3, -0.25) is 4.79 Å².